The second-order valence-corrected chi connectivity index (χ2v) is 6.06. The third kappa shape index (κ3) is 4.03. The molecule has 0 unspecified atom stereocenters. The fraction of sp³-hybridized carbons (Fsp3) is 0.643. The molecule has 0 radical (unpaired) electrons. The maximum atomic E-state index is 12.3. The van der Waals surface area contributed by atoms with Gasteiger partial charge in [-0.15, -0.1) is 11.3 Å². The maximum absolute atomic E-state index is 12.3. The lowest BCUT2D eigenvalue weighted by Gasteiger charge is -2.24. The largest absolute Gasteiger partial charge is 0.348 e. The van der Waals surface area contributed by atoms with Gasteiger partial charge in [0.2, 0.25) is 5.91 Å². The van der Waals surface area contributed by atoms with Gasteiger partial charge in [0, 0.05) is 11.1 Å². The zero-order valence-electron chi connectivity index (χ0n) is 11.8. The molecule has 5 heteroatoms. The number of thiazole rings is 1. The minimum atomic E-state index is -0.879. The van der Waals surface area contributed by atoms with Gasteiger partial charge in [-0.05, 0) is 19.8 Å². The van der Waals surface area contributed by atoms with Crippen LogP contribution in [0.5, 0.6) is 0 Å². The molecule has 0 saturated carbocycles. The van der Waals surface area contributed by atoms with Crippen LogP contribution in [0.4, 0.5) is 0 Å². The summed E-state index contributed by atoms with van der Waals surface area (Å²) >= 11 is 1.57. The van der Waals surface area contributed by atoms with Crippen LogP contribution in [0.3, 0.4) is 0 Å². The Balaban J connectivity index is 2.69. The Labute approximate surface area is 118 Å². The summed E-state index contributed by atoms with van der Waals surface area (Å²) in [5.41, 5.74) is -0.879. The number of hydrogen-bond donors (Lipinski definition) is 1. The van der Waals surface area contributed by atoms with E-state index < -0.39 is 5.41 Å². The number of amides is 1. The topological polar surface area (TPSA) is 65.8 Å². The van der Waals surface area contributed by atoms with Crippen LogP contribution in [-0.4, -0.2) is 10.9 Å². The molecule has 1 amide bonds. The average Bonchev–Trinajstić information content (AvgIpc) is 2.81. The van der Waals surface area contributed by atoms with E-state index in [0.717, 1.165) is 22.7 Å². The predicted molar refractivity (Wildman–Crippen MR) is 76.6 cm³/mol. The SMILES string of the molecule is CCCC(C#N)(CCC)C(=O)NCc1ncc(C)s1. The Morgan fingerprint density at radius 3 is 2.53 bits per heavy atom. The number of carbonyl (C=O) groups is 1. The molecule has 1 aromatic rings. The molecular weight excluding hydrogens is 258 g/mol. The van der Waals surface area contributed by atoms with E-state index in [-0.39, 0.29) is 5.91 Å². The number of carbonyl (C=O) groups excluding carboxylic acids is 1. The van der Waals surface area contributed by atoms with Crippen molar-refractivity contribution in [2.75, 3.05) is 0 Å². The second kappa shape index (κ2) is 7.25. The van der Waals surface area contributed by atoms with Crippen molar-refractivity contribution in [3.8, 4) is 6.07 Å². The number of nitrogens with zero attached hydrogens (tertiary/aromatic N) is 2. The van der Waals surface area contributed by atoms with Crippen LogP contribution in [0.15, 0.2) is 6.20 Å². The minimum Gasteiger partial charge on any atom is -0.348 e. The Morgan fingerprint density at radius 2 is 2.11 bits per heavy atom. The molecule has 104 valence electrons. The highest BCUT2D eigenvalue weighted by atomic mass is 32.1. The number of aryl methyl sites for hydroxylation is 1. The first-order chi connectivity index (χ1) is 9.07. The highest BCUT2D eigenvalue weighted by Gasteiger charge is 2.36. The predicted octanol–water partition coefficient (Wildman–Crippen LogP) is 3.18. The number of nitrogens with one attached hydrogen (secondary N) is 1. The van der Waals surface area contributed by atoms with Crippen molar-refractivity contribution in [1.29, 1.82) is 5.26 Å². The van der Waals surface area contributed by atoms with Gasteiger partial charge < -0.3 is 5.32 Å². The highest BCUT2D eigenvalue weighted by Crippen LogP contribution is 2.29. The summed E-state index contributed by atoms with van der Waals surface area (Å²) in [7, 11) is 0. The average molecular weight is 279 g/mol. The summed E-state index contributed by atoms with van der Waals surface area (Å²) in [5, 5.41) is 13.1. The summed E-state index contributed by atoms with van der Waals surface area (Å²) in [4.78, 5) is 17.6. The van der Waals surface area contributed by atoms with Gasteiger partial charge in [0.15, 0.2) is 0 Å². The third-order valence-electron chi connectivity index (χ3n) is 3.07. The fourth-order valence-corrected chi connectivity index (χ4v) is 2.90. The van der Waals surface area contributed by atoms with E-state index in [1.54, 1.807) is 17.5 Å². The minimum absolute atomic E-state index is 0.161. The summed E-state index contributed by atoms with van der Waals surface area (Å²) in [6, 6.07) is 2.23. The Bertz CT molecular complexity index is 456. The van der Waals surface area contributed by atoms with Crippen LogP contribution in [-0.2, 0) is 11.3 Å². The van der Waals surface area contributed by atoms with Gasteiger partial charge >= 0.3 is 0 Å². The standard InChI is InChI=1S/C14H21N3OS/c1-4-6-14(10-15,7-5-2)13(18)17-9-12-16-8-11(3)19-12/h8H,4-7,9H2,1-3H3,(H,17,18). The summed E-state index contributed by atoms with van der Waals surface area (Å²) in [5.74, 6) is -0.161. The van der Waals surface area contributed by atoms with Gasteiger partial charge in [-0.1, -0.05) is 26.7 Å². The monoisotopic (exact) mass is 279 g/mol. The molecule has 1 aromatic heterocycles. The normalized spacial score (nSPS) is 11.1. The molecule has 1 N–H and O–H groups in total. The molecule has 0 aliphatic carbocycles. The zero-order chi connectivity index (χ0) is 14.3. The van der Waals surface area contributed by atoms with Crippen molar-refractivity contribution in [3.63, 3.8) is 0 Å². The van der Waals surface area contributed by atoms with Gasteiger partial charge in [0.25, 0.3) is 0 Å². The van der Waals surface area contributed by atoms with E-state index >= 15 is 0 Å². The van der Waals surface area contributed by atoms with E-state index in [4.69, 9.17) is 0 Å². The molecule has 0 aliphatic rings. The number of aromatic nitrogens is 1. The lowest BCUT2D eigenvalue weighted by Crippen LogP contribution is -2.39. The fourth-order valence-electron chi connectivity index (χ4n) is 2.18. The molecule has 1 rings (SSSR count). The van der Waals surface area contributed by atoms with Crippen molar-refractivity contribution in [1.82, 2.24) is 10.3 Å². The molecule has 19 heavy (non-hydrogen) atoms. The molecule has 4 nitrogen and oxygen atoms in total. The van der Waals surface area contributed by atoms with Crippen molar-refractivity contribution < 1.29 is 4.79 Å². The summed E-state index contributed by atoms with van der Waals surface area (Å²) in [6.07, 6.45) is 4.68. The molecule has 0 aromatic carbocycles. The van der Waals surface area contributed by atoms with E-state index in [1.165, 1.54) is 0 Å². The molecule has 0 aliphatic heterocycles. The Morgan fingerprint density at radius 1 is 1.47 bits per heavy atom. The molecule has 0 bridgehead atoms. The van der Waals surface area contributed by atoms with Crippen molar-refractivity contribution in [2.45, 2.75) is 53.0 Å². The van der Waals surface area contributed by atoms with Crippen LogP contribution >= 0.6 is 11.3 Å². The first-order valence-corrected chi connectivity index (χ1v) is 7.50. The van der Waals surface area contributed by atoms with Crippen molar-refractivity contribution in [3.05, 3.63) is 16.1 Å². The third-order valence-corrected chi connectivity index (χ3v) is 3.98. The van der Waals surface area contributed by atoms with Crippen LogP contribution in [0.1, 0.15) is 49.4 Å². The van der Waals surface area contributed by atoms with Crippen LogP contribution in [0.2, 0.25) is 0 Å². The number of hydrogen-bond acceptors (Lipinski definition) is 4. The maximum Gasteiger partial charge on any atom is 0.240 e. The van der Waals surface area contributed by atoms with Crippen molar-refractivity contribution in [2.24, 2.45) is 5.41 Å². The molecule has 0 fully saturated rings. The summed E-state index contributed by atoms with van der Waals surface area (Å²) in [6.45, 7) is 6.39. The van der Waals surface area contributed by atoms with Crippen molar-refractivity contribution >= 4 is 17.2 Å². The molecular formula is C14H21N3OS. The van der Waals surface area contributed by atoms with Gasteiger partial charge in [0.1, 0.15) is 10.4 Å². The number of rotatable bonds is 7. The van der Waals surface area contributed by atoms with E-state index in [9.17, 15) is 10.1 Å². The van der Waals surface area contributed by atoms with E-state index in [2.05, 4.69) is 16.4 Å². The van der Waals surface area contributed by atoms with E-state index in [1.807, 2.05) is 20.8 Å². The van der Waals surface area contributed by atoms with Crippen LogP contribution in [0, 0.1) is 23.7 Å². The molecule has 0 spiro atoms. The van der Waals surface area contributed by atoms with Gasteiger partial charge in [0.05, 0.1) is 12.6 Å². The van der Waals surface area contributed by atoms with Gasteiger partial charge in [-0.3, -0.25) is 4.79 Å². The van der Waals surface area contributed by atoms with E-state index in [0.29, 0.717) is 19.4 Å². The smallest absolute Gasteiger partial charge is 0.240 e. The summed E-state index contributed by atoms with van der Waals surface area (Å²) < 4.78 is 0. The first kappa shape index (κ1) is 15.6. The van der Waals surface area contributed by atoms with Crippen LogP contribution in [0.25, 0.3) is 0 Å². The quantitative estimate of drug-likeness (QED) is 0.833. The first-order valence-electron chi connectivity index (χ1n) is 6.68. The van der Waals surface area contributed by atoms with Gasteiger partial charge in [-0.25, -0.2) is 4.98 Å². The molecule has 1 heterocycles. The number of nitriles is 1. The second-order valence-electron chi connectivity index (χ2n) is 4.74. The molecule has 0 saturated heterocycles. The zero-order valence-corrected chi connectivity index (χ0v) is 12.6. The highest BCUT2D eigenvalue weighted by molar-refractivity contribution is 7.11. The Kier molecular flexibility index (Phi) is 5.97. The lowest BCUT2D eigenvalue weighted by atomic mass is 9.80. The molecule has 0 atom stereocenters. The van der Waals surface area contributed by atoms with Gasteiger partial charge in [-0.2, -0.15) is 5.26 Å². The van der Waals surface area contributed by atoms with Crippen LogP contribution < -0.4 is 5.32 Å². The lowest BCUT2D eigenvalue weighted by molar-refractivity contribution is -0.129. The Hall–Kier alpha value is -1.41.